The summed E-state index contributed by atoms with van der Waals surface area (Å²) < 4.78 is 1.06. The summed E-state index contributed by atoms with van der Waals surface area (Å²) in [6.45, 7) is 0.677. The highest BCUT2D eigenvalue weighted by Crippen LogP contribution is 2.42. The van der Waals surface area contributed by atoms with Crippen LogP contribution in [0.1, 0.15) is 37.7 Å². The lowest BCUT2D eigenvalue weighted by atomic mass is 9.65. The molecule has 0 radical (unpaired) electrons. The van der Waals surface area contributed by atoms with Gasteiger partial charge in [0, 0.05) is 30.0 Å². The van der Waals surface area contributed by atoms with Gasteiger partial charge in [-0.25, -0.2) is 0 Å². The zero-order chi connectivity index (χ0) is 15.7. The van der Waals surface area contributed by atoms with Gasteiger partial charge in [-0.2, -0.15) is 0 Å². The van der Waals surface area contributed by atoms with E-state index in [4.69, 9.17) is 5.73 Å². The summed E-state index contributed by atoms with van der Waals surface area (Å²) in [5.74, 6) is 1.58. The van der Waals surface area contributed by atoms with E-state index >= 15 is 0 Å². The van der Waals surface area contributed by atoms with Crippen LogP contribution in [-0.2, 0) is 11.3 Å². The summed E-state index contributed by atoms with van der Waals surface area (Å²) in [6, 6.07) is 8.50. The van der Waals surface area contributed by atoms with Crippen molar-refractivity contribution in [2.75, 3.05) is 7.05 Å². The van der Waals surface area contributed by atoms with Crippen LogP contribution in [-0.4, -0.2) is 23.9 Å². The second-order valence-electron chi connectivity index (χ2n) is 7.02. The van der Waals surface area contributed by atoms with Gasteiger partial charge in [-0.1, -0.05) is 34.5 Å². The lowest BCUT2D eigenvalue weighted by Gasteiger charge is -2.44. The fourth-order valence-electron chi connectivity index (χ4n) is 4.29. The smallest absolute Gasteiger partial charge is 0.225 e. The highest BCUT2D eigenvalue weighted by molar-refractivity contribution is 9.10. The number of benzene rings is 1. The normalized spacial score (nSPS) is 29.5. The maximum Gasteiger partial charge on any atom is 0.225 e. The molecule has 2 aliphatic rings. The van der Waals surface area contributed by atoms with Gasteiger partial charge in [-0.3, -0.25) is 4.79 Å². The Morgan fingerprint density at radius 1 is 1.30 bits per heavy atom. The van der Waals surface area contributed by atoms with Crippen LogP contribution < -0.4 is 5.73 Å². The lowest BCUT2D eigenvalue weighted by molar-refractivity contribution is -0.137. The number of hydrogen-bond donors (Lipinski definition) is 1. The number of amides is 1. The molecule has 128 valence electrons. The Labute approximate surface area is 153 Å². The van der Waals surface area contributed by atoms with E-state index in [9.17, 15) is 4.79 Å². The molecule has 2 unspecified atom stereocenters. The average molecular weight is 402 g/mol. The first-order chi connectivity index (χ1) is 10.5. The summed E-state index contributed by atoms with van der Waals surface area (Å²) in [6.07, 6.45) is 5.67. The number of hydrogen-bond acceptors (Lipinski definition) is 2. The molecule has 0 aliphatic heterocycles. The summed E-state index contributed by atoms with van der Waals surface area (Å²) in [7, 11) is 1.92. The molecule has 2 fully saturated rings. The summed E-state index contributed by atoms with van der Waals surface area (Å²) >= 11 is 3.49. The van der Waals surface area contributed by atoms with Crippen molar-refractivity contribution in [3.8, 4) is 0 Å². The molecule has 3 rings (SSSR count). The molecule has 1 amide bonds. The molecular weight excluding hydrogens is 376 g/mol. The zero-order valence-corrected chi connectivity index (χ0v) is 16.0. The fourth-order valence-corrected chi connectivity index (χ4v) is 4.74. The summed E-state index contributed by atoms with van der Waals surface area (Å²) in [5, 5.41) is 0. The van der Waals surface area contributed by atoms with Gasteiger partial charge in [0.25, 0.3) is 0 Å². The molecule has 0 spiro atoms. The van der Waals surface area contributed by atoms with E-state index in [0.717, 1.165) is 22.9 Å². The van der Waals surface area contributed by atoms with Gasteiger partial charge in [0.15, 0.2) is 0 Å². The van der Waals surface area contributed by atoms with Crippen molar-refractivity contribution >= 4 is 34.2 Å². The molecule has 2 saturated carbocycles. The third kappa shape index (κ3) is 4.28. The third-order valence-corrected chi connectivity index (χ3v) is 5.94. The molecular formula is C18H26BrClN2O. The van der Waals surface area contributed by atoms with E-state index in [1.807, 2.05) is 24.1 Å². The molecule has 1 aromatic carbocycles. The van der Waals surface area contributed by atoms with E-state index in [-0.39, 0.29) is 18.3 Å². The third-order valence-electron chi connectivity index (χ3n) is 5.45. The first-order valence-corrected chi connectivity index (χ1v) is 9.09. The van der Waals surface area contributed by atoms with Crippen LogP contribution in [0.2, 0.25) is 0 Å². The molecule has 5 heteroatoms. The van der Waals surface area contributed by atoms with Crippen molar-refractivity contribution < 1.29 is 4.79 Å². The molecule has 0 aromatic heterocycles. The largest absolute Gasteiger partial charge is 0.341 e. The van der Waals surface area contributed by atoms with Crippen molar-refractivity contribution in [3.05, 3.63) is 34.3 Å². The fraction of sp³-hybridized carbons (Fsp3) is 0.611. The maximum absolute atomic E-state index is 12.8. The van der Waals surface area contributed by atoms with Crippen molar-refractivity contribution in [2.45, 2.75) is 44.7 Å². The van der Waals surface area contributed by atoms with Crippen LogP contribution in [0.5, 0.6) is 0 Å². The van der Waals surface area contributed by atoms with Gasteiger partial charge < -0.3 is 10.6 Å². The Kier molecular flexibility index (Phi) is 6.52. The van der Waals surface area contributed by atoms with E-state index in [1.54, 1.807) is 0 Å². The van der Waals surface area contributed by atoms with Gasteiger partial charge >= 0.3 is 0 Å². The maximum atomic E-state index is 12.8. The van der Waals surface area contributed by atoms with Gasteiger partial charge in [0.1, 0.15) is 0 Å². The zero-order valence-electron chi connectivity index (χ0n) is 13.6. The van der Waals surface area contributed by atoms with E-state index in [2.05, 4.69) is 28.1 Å². The second-order valence-corrected chi connectivity index (χ2v) is 7.94. The summed E-state index contributed by atoms with van der Waals surface area (Å²) in [4.78, 5) is 14.7. The van der Waals surface area contributed by atoms with Crippen LogP contribution in [0.25, 0.3) is 0 Å². The number of halogens is 2. The quantitative estimate of drug-likeness (QED) is 0.832. The van der Waals surface area contributed by atoms with Crippen LogP contribution >= 0.6 is 28.3 Å². The molecule has 2 atom stereocenters. The molecule has 2 bridgehead atoms. The Hall–Kier alpha value is -0.580. The second kappa shape index (κ2) is 8.00. The van der Waals surface area contributed by atoms with Crippen LogP contribution in [0.4, 0.5) is 0 Å². The van der Waals surface area contributed by atoms with Gasteiger partial charge in [-0.05, 0) is 55.2 Å². The van der Waals surface area contributed by atoms with E-state index in [0.29, 0.717) is 30.3 Å². The topological polar surface area (TPSA) is 46.3 Å². The molecule has 2 N–H and O–H groups in total. The molecule has 2 aliphatic carbocycles. The molecule has 3 nitrogen and oxygen atoms in total. The van der Waals surface area contributed by atoms with Crippen molar-refractivity contribution in [3.63, 3.8) is 0 Å². The molecule has 1 aromatic rings. The number of carbonyl (C=O) groups is 1. The highest BCUT2D eigenvalue weighted by Gasteiger charge is 2.41. The number of rotatable bonds is 3. The monoisotopic (exact) mass is 400 g/mol. The Balaban J connectivity index is 0.00000192. The predicted octanol–water partition coefficient (Wildman–Crippen LogP) is 3.98. The number of nitrogens with two attached hydrogens (primary N) is 1. The minimum Gasteiger partial charge on any atom is -0.341 e. The van der Waals surface area contributed by atoms with Crippen LogP contribution in [0, 0.1) is 17.8 Å². The van der Waals surface area contributed by atoms with Gasteiger partial charge in [0.2, 0.25) is 5.91 Å². The minimum absolute atomic E-state index is 0. The number of fused-ring (bicyclic) bond motifs is 2. The van der Waals surface area contributed by atoms with Crippen molar-refractivity contribution in [1.29, 1.82) is 0 Å². The van der Waals surface area contributed by atoms with E-state index in [1.165, 1.54) is 19.3 Å². The van der Waals surface area contributed by atoms with Gasteiger partial charge in [0.05, 0.1) is 0 Å². The predicted molar refractivity (Wildman–Crippen MR) is 99.4 cm³/mol. The Bertz CT molecular complexity index is 540. The standard InChI is InChI=1S/C18H25BrN2O.ClH/c1-21(11-12-4-2-7-16(19)8-12)18(22)15-9-13-5-3-6-14(10-15)17(13)20;/h2,4,7-8,13-15,17H,3,5-6,9-11,20H2,1H3;1H. The Morgan fingerprint density at radius 2 is 1.96 bits per heavy atom. The van der Waals surface area contributed by atoms with Crippen LogP contribution in [0.15, 0.2) is 28.7 Å². The minimum atomic E-state index is 0. The summed E-state index contributed by atoms with van der Waals surface area (Å²) in [5.41, 5.74) is 7.50. The first-order valence-electron chi connectivity index (χ1n) is 8.29. The first kappa shape index (κ1) is 18.8. The molecule has 23 heavy (non-hydrogen) atoms. The SMILES string of the molecule is CN(Cc1cccc(Br)c1)C(=O)C1CC2CCCC(C1)C2N.Cl. The molecule has 0 heterocycles. The van der Waals surface area contributed by atoms with Crippen molar-refractivity contribution in [1.82, 2.24) is 4.90 Å². The Morgan fingerprint density at radius 3 is 2.57 bits per heavy atom. The molecule has 0 saturated heterocycles. The van der Waals surface area contributed by atoms with Crippen molar-refractivity contribution in [2.24, 2.45) is 23.5 Å². The number of nitrogens with zero attached hydrogens (tertiary/aromatic N) is 1. The van der Waals surface area contributed by atoms with E-state index < -0.39 is 0 Å². The van der Waals surface area contributed by atoms with Gasteiger partial charge in [-0.15, -0.1) is 12.4 Å². The highest BCUT2D eigenvalue weighted by atomic mass is 79.9. The number of carbonyl (C=O) groups excluding carboxylic acids is 1. The van der Waals surface area contributed by atoms with Crippen LogP contribution in [0.3, 0.4) is 0 Å². The average Bonchev–Trinajstić information content (AvgIpc) is 2.46. The lowest BCUT2D eigenvalue weighted by Crippen LogP contribution is -2.49.